The van der Waals surface area contributed by atoms with Crippen LogP contribution in [0.4, 0.5) is 10.1 Å². The molecule has 4 rings (SSSR count). The van der Waals surface area contributed by atoms with Crippen LogP contribution in [0.15, 0.2) is 91.1 Å². The van der Waals surface area contributed by atoms with Crippen LogP contribution in [0.25, 0.3) is 10.9 Å². The molecule has 0 saturated carbocycles. The zero-order valence-corrected chi connectivity index (χ0v) is 17.3. The normalized spacial score (nSPS) is 11.7. The summed E-state index contributed by atoms with van der Waals surface area (Å²) in [5.41, 5.74) is 2.30. The van der Waals surface area contributed by atoms with Crippen molar-refractivity contribution in [1.82, 2.24) is 10.3 Å². The molecule has 0 saturated heterocycles. The fourth-order valence-electron chi connectivity index (χ4n) is 3.54. The molecule has 160 valence electrons. The van der Waals surface area contributed by atoms with Crippen molar-refractivity contribution < 1.29 is 14.0 Å². The molecule has 0 bridgehead atoms. The van der Waals surface area contributed by atoms with E-state index in [1.165, 1.54) is 18.2 Å². The number of fused-ring (bicyclic) bond motifs is 1. The molecule has 4 aromatic rings. The molecule has 32 heavy (non-hydrogen) atoms. The molecule has 0 spiro atoms. The van der Waals surface area contributed by atoms with Gasteiger partial charge < -0.3 is 10.6 Å². The molecule has 1 aromatic heterocycles. The largest absolute Gasteiger partial charge is 0.340 e. The number of benzene rings is 3. The van der Waals surface area contributed by atoms with E-state index in [1.807, 2.05) is 48.5 Å². The van der Waals surface area contributed by atoms with E-state index in [1.54, 1.807) is 24.4 Å². The zero-order chi connectivity index (χ0) is 22.3. The minimum atomic E-state index is -0.853. The number of nitrogens with one attached hydrogen (secondary N) is 2. The minimum absolute atomic E-state index is 0.0978. The summed E-state index contributed by atoms with van der Waals surface area (Å²) in [5, 5.41) is 6.41. The van der Waals surface area contributed by atoms with Crippen LogP contribution in [0, 0.1) is 5.82 Å². The van der Waals surface area contributed by atoms with Crippen molar-refractivity contribution in [3.63, 3.8) is 0 Å². The Kier molecular flexibility index (Phi) is 6.51. The molecular weight excluding hydrogens is 405 g/mol. The molecule has 1 unspecified atom stereocenters. The average Bonchev–Trinajstić information content (AvgIpc) is 2.82. The summed E-state index contributed by atoms with van der Waals surface area (Å²) in [4.78, 5) is 30.2. The van der Waals surface area contributed by atoms with E-state index >= 15 is 0 Å². The predicted octanol–water partition coefficient (Wildman–Crippen LogP) is 4.74. The molecule has 6 heteroatoms. The number of carbonyl (C=O) groups excluding carboxylic acids is 2. The van der Waals surface area contributed by atoms with Crippen LogP contribution >= 0.6 is 0 Å². The topological polar surface area (TPSA) is 71.1 Å². The first-order chi connectivity index (χ1) is 15.6. The second-order valence-electron chi connectivity index (χ2n) is 7.40. The van der Waals surface area contributed by atoms with Gasteiger partial charge in [-0.2, -0.15) is 0 Å². The number of halogens is 1. The molecule has 2 N–H and O–H groups in total. The van der Waals surface area contributed by atoms with E-state index in [0.29, 0.717) is 18.5 Å². The van der Waals surface area contributed by atoms with Crippen molar-refractivity contribution in [3.8, 4) is 0 Å². The standard InChI is InChI=1S/C26H22FN3O2/c27-21-12-5-4-10-19(21)25(31)30-24(16-15-18-8-2-1-3-9-18)26(32)29-23-14-6-13-22-20(23)11-7-17-28-22/h1-14,17,24H,15-16H2,(H,29,32)(H,30,31). The summed E-state index contributed by atoms with van der Waals surface area (Å²) in [6.07, 6.45) is 2.62. The van der Waals surface area contributed by atoms with Crippen molar-refractivity contribution in [2.75, 3.05) is 5.32 Å². The lowest BCUT2D eigenvalue weighted by atomic mass is 10.0. The second-order valence-corrected chi connectivity index (χ2v) is 7.40. The SMILES string of the molecule is O=C(NC(CCc1ccccc1)C(=O)Nc1cccc2ncccc12)c1ccccc1F. The quantitative estimate of drug-likeness (QED) is 0.447. The van der Waals surface area contributed by atoms with Gasteiger partial charge in [0.05, 0.1) is 16.8 Å². The highest BCUT2D eigenvalue weighted by Crippen LogP contribution is 2.22. The molecule has 0 aliphatic carbocycles. The van der Waals surface area contributed by atoms with Crippen molar-refractivity contribution in [2.45, 2.75) is 18.9 Å². The molecule has 1 heterocycles. The first kappa shape index (κ1) is 21.2. The highest BCUT2D eigenvalue weighted by atomic mass is 19.1. The molecule has 0 fully saturated rings. The lowest BCUT2D eigenvalue weighted by Gasteiger charge is -2.19. The molecule has 5 nitrogen and oxygen atoms in total. The predicted molar refractivity (Wildman–Crippen MR) is 123 cm³/mol. The van der Waals surface area contributed by atoms with Gasteiger partial charge in [-0.25, -0.2) is 4.39 Å². The maximum absolute atomic E-state index is 14.1. The minimum Gasteiger partial charge on any atom is -0.340 e. The van der Waals surface area contributed by atoms with Crippen LogP contribution in [0.3, 0.4) is 0 Å². The number of hydrogen-bond acceptors (Lipinski definition) is 3. The van der Waals surface area contributed by atoms with Gasteiger partial charge in [0.2, 0.25) is 5.91 Å². The molecule has 0 radical (unpaired) electrons. The lowest BCUT2D eigenvalue weighted by Crippen LogP contribution is -2.44. The smallest absolute Gasteiger partial charge is 0.254 e. The number of carbonyl (C=O) groups is 2. The summed E-state index contributed by atoms with van der Waals surface area (Å²) in [6.45, 7) is 0. The van der Waals surface area contributed by atoms with Crippen LogP contribution in [0.2, 0.25) is 0 Å². The lowest BCUT2D eigenvalue weighted by molar-refractivity contribution is -0.118. The highest BCUT2D eigenvalue weighted by molar-refractivity contribution is 6.05. The van der Waals surface area contributed by atoms with E-state index in [4.69, 9.17) is 0 Å². The van der Waals surface area contributed by atoms with Gasteiger partial charge >= 0.3 is 0 Å². The third kappa shape index (κ3) is 4.98. The third-order valence-electron chi connectivity index (χ3n) is 5.21. The first-order valence-corrected chi connectivity index (χ1v) is 10.4. The van der Waals surface area contributed by atoms with E-state index in [-0.39, 0.29) is 11.5 Å². The van der Waals surface area contributed by atoms with Crippen LogP contribution in [0.1, 0.15) is 22.3 Å². The summed E-state index contributed by atoms with van der Waals surface area (Å²) in [6, 6.07) is 23.7. The number of pyridine rings is 1. The fourth-order valence-corrected chi connectivity index (χ4v) is 3.54. The van der Waals surface area contributed by atoms with E-state index in [0.717, 1.165) is 16.5 Å². The van der Waals surface area contributed by atoms with Gasteiger partial charge in [0, 0.05) is 11.6 Å². The van der Waals surface area contributed by atoms with Gasteiger partial charge in [0.25, 0.3) is 5.91 Å². The number of aryl methyl sites for hydroxylation is 1. The molecular formula is C26H22FN3O2. The Morgan fingerprint density at radius 2 is 1.66 bits per heavy atom. The Morgan fingerprint density at radius 3 is 2.47 bits per heavy atom. The number of aromatic nitrogens is 1. The molecule has 1 atom stereocenters. The summed E-state index contributed by atoms with van der Waals surface area (Å²) >= 11 is 0. The molecule has 2 amide bonds. The number of amides is 2. The monoisotopic (exact) mass is 427 g/mol. The second kappa shape index (κ2) is 9.83. The van der Waals surface area contributed by atoms with Gasteiger partial charge in [-0.1, -0.05) is 48.5 Å². The van der Waals surface area contributed by atoms with Gasteiger partial charge in [0.15, 0.2) is 0 Å². The van der Waals surface area contributed by atoms with E-state index < -0.39 is 17.8 Å². The summed E-state index contributed by atoms with van der Waals surface area (Å²) in [7, 11) is 0. The summed E-state index contributed by atoms with van der Waals surface area (Å²) in [5.74, 6) is -1.63. The maximum Gasteiger partial charge on any atom is 0.254 e. The fraction of sp³-hybridized carbons (Fsp3) is 0.115. The molecule has 0 aliphatic heterocycles. The van der Waals surface area contributed by atoms with Gasteiger partial charge in [-0.05, 0) is 54.8 Å². The summed E-state index contributed by atoms with van der Waals surface area (Å²) < 4.78 is 14.1. The number of rotatable bonds is 7. The van der Waals surface area contributed by atoms with Crippen molar-refractivity contribution in [3.05, 3.63) is 108 Å². The van der Waals surface area contributed by atoms with E-state index in [2.05, 4.69) is 15.6 Å². The first-order valence-electron chi connectivity index (χ1n) is 10.4. The Balaban J connectivity index is 1.56. The maximum atomic E-state index is 14.1. The van der Waals surface area contributed by atoms with Crippen LogP contribution in [-0.2, 0) is 11.2 Å². The Labute approximate surface area is 185 Å². The number of hydrogen-bond donors (Lipinski definition) is 2. The number of anilines is 1. The van der Waals surface area contributed by atoms with Crippen LogP contribution < -0.4 is 10.6 Å². The Hall–Kier alpha value is -4.06. The number of nitrogens with zero attached hydrogens (tertiary/aromatic N) is 1. The molecule has 0 aliphatic rings. The van der Waals surface area contributed by atoms with Crippen molar-refractivity contribution in [2.24, 2.45) is 0 Å². The van der Waals surface area contributed by atoms with E-state index in [9.17, 15) is 14.0 Å². The van der Waals surface area contributed by atoms with Gasteiger partial charge in [0.1, 0.15) is 11.9 Å². The zero-order valence-electron chi connectivity index (χ0n) is 17.3. The van der Waals surface area contributed by atoms with Crippen molar-refractivity contribution >= 4 is 28.4 Å². The average molecular weight is 427 g/mol. The highest BCUT2D eigenvalue weighted by Gasteiger charge is 2.23. The van der Waals surface area contributed by atoms with Crippen LogP contribution in [0.5, 0.6) is 0 Å². The Bertz CT molecular complexity index is 1240. The van der Waals surface area contributed by atoms with Gasteiger partial charge in [-0.15, -0.1) is 0 Å². The van der Waals surface area contributed by atoms with Gasteiger partial charge in [-0.3, -0.25) is 14.6 Å². The van der Waals surface area contributed by atoms with Crippen LogP contribution in [-0.4, -0.2) is 22.8 Å². The Morgan fingerprint density at radius 1 is 0.875 bits per heavy atom. The molecule has 3 aromatic carbocycles. The van der Waals surface area contributed by atoms with Crippen molar-refractivity contribution in [1.29, 1.82) is 0 Å². The third-order valence-corrected chi connectivity index (χ3v) is 5.21.